The molecule has 1 heterocycles. The smallest absolute Gasteiger partial charge is 0.306 e. The SMILES string of the molecule is CCCCCCCCCCC/C=C/C/C=C/CCCC(=O)OC[C@H](CO[C@H]1O[C@H](CS(=O)(=O)O)[C@@H](O)C(O)C1O)OC(=O)CCCCCCCCCCCCCCCCCC. The number of unbranched alkanes of at least 4 members (excludes halogenated alkanes) is 25. The Labute approximate surface area is 370 Å². The van der Waals surface area contributed by atoms with Crippen molar-refractivity contribution in [2.75, 3.05) is 19.0 Å². The van der Waals surface area contributed by atoms with Gasteiger partial charge in [-0.15, -0.1) is 0 Å². The van der Waals surface area contributed by atoms with E-state index in [1.54, 1.807) is 0 Å². The molecule has 0 spiro atoms. The van der Waals surface area contributed by atoms with Crippen molar-refractivity contribution in [3.8, 4) is 0 Å². The van der Waals surface area contributed by atoms with Gasteiger partial charge in [0.25, 0.3) is 10.1 Å². The van der Waals surface area contributed by atoms with Gasteiger partial charge in [-0.2, -0.15) is 8.42 Å². The lowest BCUT2D eigenvalue weighted by Crippen LogP contribution is -2.60. The van der Waals surface area contributed by atoms with Gasteiger partial charge in [0, 0.05) is 12.8 Å². The van der Waals surface area contributed by atoms with Crippen LogP contribution >= 0.6 is 0 Å². The van der Waals surface area contributed by atoms with Crippen molar-refractivity contribution in [1.29, 1.82) is 0 Å². The van der Waals surface area contributed by atoms with Gasteiger partial charge in [-0.05, 0) is 38.5 Å². The van der Waals surface area contributed by atoms with Crippen LogP contribution in [-0.4, -0.2) is 96.0 Å². The van der Waals surface area contributed by atoms with E-state index in [1.807, 2.05) is 6.08 Å². The van der Waals surface area contributed by atoms with Gasteiger partial charge < -0.3 is 34.3 Å². The highest BCUT2D eigenvalue weighted by atomic mass is 32.2. The van der Waals surface area contributed by atoms with E-state index in [9.17, 15) is 37.9 Å². The van der Waals surface area contributed by atoms with Crippen LogP contribution < -0.4 is 0 Å². The van der Waals surface area contributed by atoms with E-state index in [0.29, 0.717) is 19.3 Å². The lowest BCUT2D eigenvalue weighted by atomic mass is 10.00. The lowest BCUT2D eigenvalue weighted by Gasteiger charge is -2.40. The fraction of sp³-hybridized carbons (Fsp3) is 0.875. The fourth-order valence-electron chi connectivity index (χ4n) is 7.48. The molecule has 0 aromatic rings. The van der Waals surface area contributed by atoms with Crippen molar-refractivity contribution in [2.45, 2.75) is 250 Å². The Balaban J connectivity index is 2.43. The summed E-state index contributed by atoms with van der Waals surface area (Å²) in [6.45, 7) is 3.75. The zero-order valence-corrected chi connectivity index (χ0v) is 39.1. The minimum absolute atomic E-state index is 0.158. The minimum atomic E-state index is -4.60. The zero-order chi connectivity index (χ0) is 44.8. The van der Waals surface area contributed by atoms with Crippen molar-refractivity contribution in [3.05, 3.63) is 24.3 Å². The number of aliphatic hydroxyl groups is 3. The van der Waals surface area contributed by atoms with Crippen LogP contribution in [0, 0.1) is 0 Å². The van der Waals surface area contributed by atoms with Gasteiger partial charge in [0.05, 0.1) is 6.61 Å². The molecule has 0 saturated carbocycles. The Morgan fingerprint density at radius 2 is 1.00 bits per heavy atom. The number of carbonyl (C=O) groups is 2. The fourth-order valence-corrected chi connectivity index (χ4v) is 8.17. The maximum atomic E-state index is 12.8. The van der Waals surface area contributed by atoms with Gasteiger partial charge in [-0.1, -0.05) is 186 Å². The molecule has 13 heteroatoms. The number of hydrogen-bond donors (Lipinski definition) is 4. The van der Waals surface area contributed by atoms with Gasteiger partial charge in [-0.25, -0.2) is 0 Å². The minimum Gasteiger partial charge on any atom is -0.462 e. The molecule has 358 valence electrons. The predicted molar refractivity (Wildman–Crippen MR) is 243 cm³/mol. The van der Waals surface area contributed by atoms with Gasteiger partial charge in [0.2, 0.25) is 0 Å². The van der Waals surface area contributed by atoms with Gasteiger partial charge in [-0.3, -0.25) is 14.1 Å². The van der Waals surface area contributed by atoms with E-state index in [4.69, 9.17) is 18.9 Å². The molecule has 0 aromatic carbocycles. The number of hydrogen-bond acceptors (Lipinski definition) is 11. The summed E-state index contributed by atoms with van der Waals surface area (Å²) in [5.74, 6) is -2.03. The molecule has 0 radical (unpaired) electrons. The van der Waals surface area contributed by atoms with Gasteiger partial charge in [0.1, 0.15) is 36.8 Å². The Kier molecular flexibility index (Phi) is 36.1. The molecule has 0 amide bonds. The number of allylic oxidation sites excluding steroid dienone is 4. The van der Waals surface area contributed by atoms with Gasteiger partial charge >= 0.3 is 11.9 Å². The van der Waals surface area contributed by atoms with Crippen LogP contribution in [0.2, 0.25) is 0 Å². The summed E-state index contributed by atoms with van der Waals surface area (Å²) in [5, 5.41) is 30.9. The summed E-state index contributed by atoms with van der Waals surface area (Å²) in [4.78, 5) is 25.4. The van der Waals surface area contributed by atoms with E-state index in [-0.39, 0.29) is 19.4 Å². The first kappa shape index (κ1) is 57.1. The molecule has 6 atom stereocenters. The molecule has 4 N–H and O–H groups in total. The first-order valence-electron chi connectivity index (χ1n) is 24.4. The molecule has 1 saturated heterocycles. The topological polar surface area (TPSA) is 186 Å². The molecule has 0 aliphatic carbocycles. The van der Waals surface area contributed by atoms with Crippen molar-refractivity contribution >= 4 is 22.1 Å². The maximum Gasteiger partial charge on any atom is 0.306 e. The summed E-state index contributed by atoms with van der Waals surface area (Å²) in [5.41, 5.74) is 0. The number of carbonyl (C=O) groups excluding carboxylic acids is 2. The summed E-state index contributed by atoms with van der Waals surface area (Å²) >= 11 is 0. The number of rotatable bonds is 41. The third kappa shape index (κ3) is 33.3. The largest absolute Gasteiger partial charge is 0.462 e. The van der Waals surface area contributed by atoms with Crippen LogP contribution in [0.1, 0.15) is 213 Å². The van der Waals surface area contributed by atoms with Crippen molar-refractivity contribution in [3.63, 3.8) is 0 Å². The van der Waals surface area contributed by atoms with E-state index in [1.165, 1.54) is 135 Å². The van der Waals surface area contributed by atoms with Crippen molar-refractivity contribution < 1.29 is 56.8 Å². The summed E-state index contributed by atoms with van der Waals surface area (Å²) in [6.07, 6.45) is 33.7. The number of esters is 2. The van der Waals surface area contributed by atoms with E-state index in [2.05, 4.69) is 32.1 Å². The summed E-state index contributed by atoms with van der Waals surface area (Å²) in [7, 11) is -4.60. The molecule has 0 aromatic heterocycles. The molecule has 2 unspecified atom stereocenters. The molecule has 1 fully saturated rings. The zero-order valence-electron chi connectivity index (χ0n) is 38.3. The molecule has 12 nitrogen and oxygen atoms in total. The molecule has 1 aliphatic heterocycles. The molecule has 0 bridgehead atoms. The highest BCUT2D eigenvalue weighted by molar-refractivity contribution is 7.85. The van der Waals surface area contributed by atoms with Crippen LogP contribution in [0.5, 0.6) is 0 Å². The van der Waals surface area contributed by atoms with Crippen molar-refractivity contribution in [2.24, 2.45) is 0 Å². The number of aliphatic hydroxyl groups excluding tert-OH is 3. The van der Waals surface area contributed by atoms with Crippen LogP contribution in [0.15, 0.2) is 24.3 Å². The van der Waals surface area contributed by atoms with Gasteiger partial charge in [0.15, 0.2) is 12.4 Å². The second kappa shape index (κ2) is 38.6. The number of ether oxygens (including phenoxy) is 4. The molecule has 1 aliphatic rings. The molecular weight excluding hydrogens is 801 g/mol. The predicted octanol–water partition coefficient (Wildman–Crippen LogP) is 10.4. The van der Waals surface area contributed by atoms with Crippen molar-refractivity contribution in [1.82, 2.24) is 0 Å². The summed E-state index contributed by atoms with van der Waals surface area (Å²) in [6, 6.07) is 0. The van der Waals surface area contributed by atoms with Crippen LogP contribution in [0.3, 0.4) is 0 Å². The molecule has 61 heavy (non-hydrogen) atoms. The first-order chi connectivity index (χ1) is 29.5. The highest BCUT2D eigenvalue weighted by Crippen LogP contribution is 2.24. The van der Waals surface area contributed by atoms with E-state index in [0.717, 1.165) is 32.1 Å². The Hall–Kier alpha value is -1.87. The first-order valence-corrected chi connectivity index (χ1v) is 26.0. The average molecular weight is 889 g/mol. The average Bonchev–Trinajstić information content (AvgIpc) is 3.22. The van der Waals surface area contributed by atoms with E-state index >= 15 is 0 Å². The monoisotopic (exact) mass is 889 g/mol. The normalized spacial score (nSPS) is 20.1. The Bertz CT molecular complexity index is 1220. The lowest BCUT2D eigenvalue weighted by molar-refractivity contribution is -0.297. The quantitative estimate of drug-likeness (QED) is 0.0197. The van der Waals surface area contributed by atoms with E-state index < -0.39 is 71.2 Å². The highest BCUT2D eigenvalue weighted by Gasteiger charge is 2.46. The second-order valence-electron chi connectivity index (χ2n) is 17.1. The Morgan fingerprint density at radius 1 is 0.557 bits per heavy atom. The van der Waals surface area contributed by atoms with Crippen LogP contribution in [0.25, 0.3) is 0 Å². The standard InChI is InChI=1S/C48H88O12S/c1-3-5-7-9-11-13-15-17-19-21-23-24-26-28-30-32-34-36-43(49)57-38-41(39-58-48-47(53)46(52)45(51)42(60-48)40-61(54,55)56)59-44(50)37-35-33-31-29-27-25-22-20-18-16-14-12-10-8-6-4-2/h23-24,28,30,41-42,45-48,51-53H,3-22,25-27,29,31-40H2,1-2H3,(H,54,55,56)/b24-23+,30-28+/t41-,42-,45-,46?,47?,48+/m1/s1. The third-order valence-corrected chi connectivity index (χ3v) is 12.0. The summed E-state index contributed by atoms with van der Waals surface area (Å²) < 4.78 is 54.1. The molecule has 1 rings (SSSR count). The maximum absolute atomic E-state index is 12.8. The molecular formula is C48H88O12S. The Morgan fingerprint density at radius 3 is 1.49 bits per heavy atom. The van der Waals surface area contributed by atoms with Crippen LogP contribution in [-0.2, 0) is 38.7 Å². The van der Waals surface area contributed by atoms with Crippen LogP contribution in [0.4, 0.5) is 0 Å². The second-order valence-corrected chi connectivity index (χ2v) is 18.6. The third-order valence-electron chi connectivity index (χ3n) is 11.3.